The van der Waals surface area contributed by atoms with Crippen LogP contribution in [0.4, 0.5) is 0 Å². The van der Waals surface area contributed by atoms with E-state index in [-0.39, 0.29) is 5.91 Å². The van der Waals surface area contributed by atoms with Gasteiger partial charge in [-0.2, -0.15) is 0 Å². The van der Waals surface area contributed by atoms with Gasteiger partial charge in [-0.15, -0.1) is 0 Å². The molecule has 6 heteroatoms. The molecule has 1 aromatic carbocycles. The van der Waals surface area contributed by atoms with Crippen LogP contribution in [0, 0.1) is 27.7 Å². The van der Waals surface area contributed by atoms with Gasteiger partial charge in [0.1, 0.15) is 17.0 Å². The highest BCUT2D eigenvalue weighted by molar-refractivity contribution is 5.99. The average molecular weight is 313 g/mol. The van der Waals surface area contributed by atoms with Crippen molar-refractivity contribution in [3.8, 4) is 0 Å². The van der Waals surface area contributed by atoms with Crippen LogP contribution in [-0.4, -0.2) is 28.2 Å². The molecule has 6 nitrogen and oxygen atoms in total. The van der Waals surface area contributed by atoms with Gasteiger partial charge in [0, 0.05) is 18.0 Å². The molecule has 0 saturated heterocycles. The second kappa shape index (κ2) is 5.53. The van der Waals surface area contributed by atoms with E-state index in [2.05, 4.69) is 14.9 Å². The molecule has 3 aromatic rings. The molecule has 0 saturated carbocycles. The van der Waals surface area contributed by atoms with Gasteiger partial charge in [-0.25, -0.2) is 4.63 Å². The molecule has 0 aliphatic carbocycles. The Morgan fingerprint density at radius 1 is 1.13 bits per heavy atom. The summed E-state index contributed by atoms with van der Waals surface area (Å²) in [5, 5.41) is 8.52. The minimum atomic E-state index is -0.182. The summed E-state index contributed by atoms with van der Waals surface area (Å²) in [6.07, 6.45) is 0. The van der Waals surface area contributed by atoms with Gasteiger partial charge < -0.3 is 9.32 Å². The zero-order valence-electron chi connectivity index (χ0n) is 13.9. The molecule has 1 amide bonds. The summed E-state index contributed by atoms with van der Waals surface area (Å²) in [7, 11) is 1.71. The molecule has 0 aliphatic rings. The Hall–Kier alpha value is -2.63. The molecule has 0 bridgehead atoms. The molecular weight excluding hydrogens is 294 g/mol. The number of furan rings is 1. The summed E-state index contributed by atoms with van der Waals surface area (Å²) in [5.74, 6) is 0.184. The maximum absolute atomic E-state index is 12.7. The summed E-state index contributed by atoms with van der Waals surface area (Å²) in [6, 6.07) is 4.04. The molecular formula is C17H19N3O3. The van der Waals surface area contributed by atoms with Gasteiger partial charge in [0.05, 0.1) is 6.54 Å². The maximum atomic E-state index is 12.7. The highest BCUT2D eigenvalue weighted by Gasteiger charge is 2.23. The first kappa shape index (κ1) is 15.3. The highest BCUT2D eigenvalue weighted by atomic mass is 16.6. The number of amides is 1. The number of carbonyl (C=O) groups is 1. The average Bonchev–Trinajstić information content (AvgIpc) is 3.07. The van der Waals surface area contributed by atoms with Gasteiger partial charge in [-0.3, -0.25) is 4.79 Å². The van der Waals surface area contributed by atoms with E-state index >= 15 is 0 Å². The topological polar surface area (TPSA) is 72.4 Å². The fourth-order valence-electron chi connectivity index (χ4n) is 2.58. The first-order valence-corrected chi connectivity index (χ1v) is 7.43. The van der Waals surface area contributed by atoms with Crippen molar-refractivity contribution >= 4 is 16.9 Å². The molecule has 0 unspecified atom stereocenters. The third-order valence-electron chi connectivity index (χ3n) is 4.30. The molecule has 3 rings (SSSR count). The van der Waals surface area contributed by atoms with E-state index in [1.807, 2.05) is 32.9 Å². The van der Waals surface area contributed by atoms with Crippen LogP contribution in [0.2, 0.25) is 0 Å². The van der Waals surface area contributed by atoms with Crippen LogP contribution in [0.15, 0.2) is 21.2 Å². The van der Waals surface area contributed by atoms with E-state index in [1.54, 1.807) is 18.9 Å². The number of fused-ring (bicyclic) bond motifs is 1. The fraction of sp³-hybridized carbons (Fsp3) is 0.353. The molecule has 0 aliphatic heterocycles. The Morgan fingerprint density at radius 2 is 1.87 bits per heavy atom. The zero-order valence-corrected chi connectivity index (χ0v) is 13.9. The lowest BCUT2D eigenvalue weighted by Gasteiger charge is -2.14. The first-order valence-electron chi connectivity index (χ1n) is 7.43. The van der Waals surface area contributed by atoms with Gasteiger partial charge in [0.15, 0.2) is 5.76 Å². The number of aryl methyl sites for hydroxylation is 4. The van der Waals surface area contributed by atoms with Crippen molar-refractivity contribution in [3.63, 3.8) is 0 Å². The van der Waals surface area contributed by atoms with Crippen molar-refractivity contribution in [2.45, 2.75) is 34.2 Å². The molecule has 2 heterocycles. The van der Waals surface area contributed by atoms with Crippen molar-refractivity contribution in [2.75, 3.05) is 7.05 Å². The Bertz CT molecular complexity index is 892. The van der Waals surface area contributed by atoms with E-state index in [1.165, 1.54) is 0 Å². The SMILES string of the molecule is Cc1ccc2c(C)c(C(=O)N(C)Cc3nonc3C)oc2c1C. The molecule has 2 aromatic heterocycles. The second-order valence-corrected chi connectivity index (χ2v) is 5.90. The minimum Gasteiger partial charge on any atom is -0.450 e. The van der Waals surface area contributed by atoms with Crippen LogP contribution in [0.5, 0.6) is 0 Å². The first-order chi connectivity index (χ1) is 10.9. The van der Waals surface area contributed by atoms with Gasteiger partial charge in [0.25, 0.3) is 5.91 Å². The molecule has 120 valence electrons. The summed E-state index contributed by atoms with van der Waals surface area (Å²) < 4.78 is 10.6. The number of benzene rings is 1. The van der Waals surface area contributed by atoms with Crippen molar-refractivity contribution in [1.82, 2.24) is 15.2 Å². The van der Waals surface area contributed by atoms with Crippen LogP contribution in [0.1, 0.15) is 38.6 Å². The number of nitrogens with zero attached hydrogens (tertiary/aromatic N) is 3. The van der Waals surface area contributed by atoms with Gasteiger partial charge in [0.2, 0.25) is 0 Å². The predicted octanol–water partition coefficient (Wildman–Crippen LogP) is 3.32. The molecule has 0 radical (unpaired) electrons. The lowest BCUT2D eigenvalue weighted by molar-refractivity contribution is 0.0751. The maximum Gasteiger partial charge on any atom is 0.289 e. The largest absolute Gasteiger partial charge is 0.450 e. The van der Waals surface area contributed by atoms with Crippen molar-refractivity contribution in [2.24, 2.45) is 0 Å². The second-order valence-electron chi connectivity index (χ2n) is 5.90. The summed E-state index contributed by atoms with van der Waals surface area (Å²) in [6.45, 7) is 8.06. The lowest BCUT2D eigenvalue weighted by Crippen LogP contribution is -2.26. The summed E-state index contributed by atoms with van der Waals surface area (Å²) in [4.78, 5) is 14.3. The molecule has 0 fully saturated rings. The van der Waals surface area contributed by atoms with E-state index in [0.29, 0.717) is 23.7 Å². The Labute approximate surface area is 134 Å². The normalized spacial score (nSPS) is 11.2. The predicted molar refractivity (Wildman–Crippen MR) is 85.3 cm³/mol. The number of hydrogen-bond acceptors (Lipinski definition) is 5. The quantitative estimate of drug-likeness (QED) is 0.741. The van der Waals surface area contributed by atoms with Crippen LogP contribution in [0.3, 0.4) is 0 Å². The van der Waals surface area contributed by atoms with E-state index in [0.717, 1.165) is 27.7 Å². The lowest BCUT2D eigenvalue weighted by atomic mass is 10.0. The van der Waals surface area contributed by atoms with Gasteiger partial charge in [-0.1, -0.05) is 22.4 Å². The van der Waals surface area contributed by atoms with Crippen LogP contribution in [-0.2, 0) is 6.54 Å². The minimum absolute atomic E-state index is 0.182. The van der Waals surface area contributed by atoms with E-state index in [9.17, 15) is 4.79 Å². The monoisotopic (exact) mass is 313 g/mol. The van der Waals surface area contributed by atoms with E-state index in [4.69, 9.17) is 4.42 Å². The van der Waals surface area contributed by atoms with Crippen molar-refractivity contribution < 1.29 is 13.8 Å². The summed E-state index contributed by atoms with van der Waals surface area (Å²) >= 11 is 0. The van der Waals surface area contributed by atoms with Gasteiger partial charge in [-0.05, 0) is 38.8 Å². The summed E-state index contributed by atoms with van der Waals surface area (Å²) in [5.41, 5.74) is 5.15. The fourth-order valence-corrected chi connectivity index (χ4v) is 2.58. The highest BCUT2D eigenvalue weighted by Crippen LogP contribution is 2.30. The Morgan fingerprint density at radius 3 is 2.52 bits per heavy atom. The van der Waals surface area contributed by atoms with Gasteiger partial charge >= 0.3 is 0 Å². The molecule has 0 spiro atoms. The third-order valence-corrected chi connectivity index (χ3v) is 4.30. The van der Waals surface area contributed by atoms with Crippen LogP contribution >= 0.6 is 0 Å². The number of hydrogen-bond donors (Lipinski definition) is 0. The Kier molecular flexibility index (Phi) is 3.67. The molecule has 23 heavy (non-hydrogen) atoms. The molecule has 0 N–H and O–H groups in total. The number of aromatic nitrogens is 2. The van der Waals surface area contributed by atoms with Crippen LogP contribution in [0.25, 0.3) is 11.0 Å². The molecule has 0 atom stereocenters. The van der Waals surface area contributed by atoms with Crippen molar-refractivity contribution in [1.29, 1.82) is 0 Å². The van der Waals surface area contributed by atoms with Crippen LogP contribution < -0.4 is 0 Å². The number of carbonyl (C=O) groups excluding carboxylic acids is 1. The van der Waals surface area contributed by atoms with E-state index < -0.39 is 0 Å². The third kappa shape index (κ3) is 2.50. The smallest absolute Gasteiger partial charge is 0.289 e. The standard InChI is InChI=1S/C17H19N3O3/c1-9-6-7-13-11(3)16(22-15(13)10(9)2)17(21)20(5)8-14-12(4)18-23-19-14/h6-7H,8H2,1-5H3. The zero-order chi connectivity index (χ0) is 16.7. The number of rotatable bonds is 3. The van der Waals surface area contributed by atoms with Crippen molar-refractivity contribution in [3.05, 3.63) is 46.0 Å². The Balaban J connectivity index is 1.96.